The van der Waals surface area contributed by atoms with Gasteiger partial charge < -0.3 is 15.4 Å². The zero-order valence-corrected chi connectivity index (χ0v) is 14.8. The van der Waals surface area contributed by atoms with Gasteiger partial charge in [-0.3, -0.25) is 9.59 Å². The fraction of sp³-hybridized carbons (Fsp3) is 0.222. The van der Waals surface area contributed by atoms with Gasteiger partial charge in [0.25, 0.3) is 0 Å². The summed E-state index contributed by atoms with van der Waals surface area (Å²) >= 11 is 11.9. The number of rotatable bonds is 5. The van der Waals surface area contributed by atoms with Crippen LogP contribution in [-0.4, -0.2) is 18.4 Å². The van der Waals surface area contributed by atoms with Crippen molar-refractivity contribution in [2.45, 2.75) is 13.0 Å². The van der Waals surface area contributed by atoms with Gasteiger partial charge in [0.1, 0.15) is 12.4 Å². The van der Waals surface area contributed by atoms with Gasteiger partial charge >= 0.3 is 0 Å². The largest absolute Gasteiger partial charge is 0.489 e. The zero-order valence-electron chi connectivity index (χ0n) is 13.2. The standard InChI is InChI=1S/C18H16Cl2N2O3/c19-15-6-1-11(7-16(15)20)10-25-14-4-2-13(3-5-14)22-9-12(18(21)24)8-17(22)23/h1-7,12H,8-10H2,(H2,21,24)/t12-/m1/s1. The van der Waals surface area contributed by atoms with E-state index in [0.29, 0.717) is 28.9 Å². The van der Waals surface area contributed by atoms with Gasteiger partial charge in [-0.1, -0.05) is 29.3 Å². The van der Waals surface area contributed by atoms with Gasteiger partial charge in [0, 0.05) is 18.7 Å². The van der Waals surface area contributed by atoms with E-state index in [0.717, 1.165) is 11.3 Å². The van der Waals surface area contributed by atoms with Gasteiger partial charge in [0.15, 0.2) is 0 Å². The molecule has 1 atom stereocenters. The second-order valence-electron chi connectivity index (χ2n) is 5.84. The molecule has 0 unspecified atom stereocenters. The fourth-order valence-electron chi connectivity index (χ4n) is 2.67. The molecule has 2 aromatic carbocycles. The third-order valence-electron chi connectivity index (χ3n) is 4.07. The molecule has 0 bridgehead atoms. The summed E-state index contributed by atoms with van der Waals surface area (Å²) in [6.07, 6.45) is 0.158. The first-order valence-electron chi connectivity index (χ1n) is 7.70. The van der Waals surface area contributed by atoms with Gasteiger partial charge in [-0.15, -0.1) is 0 Å². The summed E-state index contributed by atoms with van der Waals surface area (Å²) in [4.78, 5) is 24.8. The third-order valence-corrected chi connectivity index (χ3v) is 4.80. The predicted molar refractivity (Wildman–Crippen MR) is 96.9 cm³/mol. The molecule has 2 N–H and O–H groups in total. The Hall–Kier alpha value is -2.24. The summed E-state index contributed by atoms with van der Waals surface area (Å²) in [7, 11) is 0. The van der Waals surface area contributed by atoms with Crippen LogP contribution in [0.3, 0.4) is 0 Å². The highest BCUT2D eigenvalue weighted by Gasteiger charge is 2.33. The molecule has 0 saturated carbocycles. The lowest BCUT2D eigenvalue weighted by Crippen LogP contribution is -2.28. The second-order valence-corrected chi connectivity index (χ2v) is 6.65. The Bertz CT molecular complexity index is 808. The topological polar surface area (TPSA) is 72.6 Å². The van der Waals surface area contributed by atoms with Gasteiger partial charge in [-0.2, -0.15) is 0 Å². The number of carbonyl (C=O) groups excluding carboxylic acids is 2. The SMILES string of the molecule is NC(=O)[C@@H]1CC(=O)N(c2ccc(OCc3ccc(Cl)c(Cl)c3)cc2)C1. The lowest BCUT2D eigenvalue weighted by molar-refractivity contribution is -0.123. The van der Waals surface area contributed by atoms with Crippen molar-refractivity contribution in [3.05, 3.63) is 58.1 Å². The van der Waals surface area contributed by atoms with Crippen LogP contribution in [0.4, 0.5) is 5.69 Å². The summed E-state index contributed by atoms with van der Waals surface area (Å²) in [5, 5.41) is 0.981. The molecule has 0 aliphatic carbocycles. The summed E-state index contributed by atoms with van der Waals surface area (Å²) in [6, 6.07) is 12.4. The molecular formula is C18H16Cl2N2O3. The molecule has 2 amide bonds. The molecule has 5 nitrogen and oxygen atoms in total. The summed E-state index contributed by atoms with van der Waals surface area (Å²) < 4.78 is 5.71. The van der Waals surface area contributed by atoms with E-state index in [2.05, 4.69) is 0 Å². The van der Waals surface area contributed by atoms with Gasteiger partial charge in [0.2, 0.25) is 11.8 Å². The minimum Gasteiger partial charge on any atom is -0.489 e. The minimum absolute atomic E-state index is 0.103. The first kappa shape index (κ1) is 17.6. The molecule has 1 heterocycles. The van der Waals surface area contributed by atoms with E-state index < -0.39 is 11.8 Å². The summed E-state index contributed by atoms with van der Waals surface area (Å²) in [5.41, 5.74) is 6.90. The smallest absolute Gasteiger partial charge is 0.227 e. The number of hydrogen-bond acceptors (Lipinski definition) is 3. The van der Waals surface area contributed by atoms with Crippen molar-refractivity contribution in [2.24, 2.45) is 11.7 Å². The maximum Gasteiger partial charge on any atom is 0.227 e. The third kappa shape index (κ3) is 4.06. The lowest BCUT2D eigenvalue weighted by Gasteiger charge is -2.17. The van der Waals surface area contributed by atoms with Crippen LogP contribution in [0.2, 0.25) is 10.0 Å². The highest BCUT2D eigenvalue weighted by atomic mass is 35.5. The van der Waals surface area contributed by atoms with Crippen molar-refractivity contribution in [3.63, 3.8) is 0 Å². The van der Waals surface area contributed by atoms with Crippen LogP contribution in [0, 0.1) is 5.92 Å². The zero-order chi connectivity index (χ0) is 18.0. The van der Waals surface area contributed by atoms with Gasteiger partial charge in [-0.25, -0.2) is 0 Å². The van der Waals surface area contributed by atoms with Crippen LogP contribution >= 0.6 is 23.2 Å². The number of carbonyl (C=O) groups is 2. The Morgan fingerprint density at radius 1 is 1.16 bits per heavy atom. The molecule has 0 spiro atoms. The number of nitrogens with zero attached hydrogens (tertiary/aromatic N) is 1. The molecule has 1 fully saturated rings. The highest BCUT2D eigenvalue weighted by molar-refractivity contribution is 6.42. The fourth-order valence-corrected chi connectivity index (χ4v) is 2.99. The van der Waals surface area contributed by atoms with E-state index in [4.69, 9.17) is 33.7 Å². The van der Waals surface area contributed by atoms with E-state index in [1.165, 1.54) is 0 Å². The van der Waals surface area contributed by atoms with Crippen LogP contribution in [0.15, 0.2) is 42.5 Å². The number of anilines is 1. The first-order valence-corrected chi connectivity index (χ1v) is 8.46. The van der Waals surface area contributed by atoms with Crippen LogP contribution < -0.4 is 15.4 Å². The van der Waals surface area contributed by atoms with Crippen molar-refractivity contribution < 1.29 is 14.3 Å². The Kier molecular flexibility index (Phi) is 5.16. The quantitative estimate of drug-likeness (QED) is 0.866. The minimum atomic E-state index is -0.447. The Balaban J connectivity index is 1.63. The van der Waals surface area contributed by atoms with Crippen molar-refractivity contribution in [3.8, 4) is 5.75 Å². The second kappa shape index (κ2) is 7.33. The summed E-state index contributed by atoms with van der Waals surface area (Å²) in [5.74, 6) is -0.322. The average Bonchev–Trinajstić information content (AvgIpc) is 2.99. The van der Waals surface area contributed by atoms with Gasteiger partial charge in [0.05, 0.1) is 16.0 Å². The molecular weight excluding hydrogens is 363 g/mol. The summed E-state index contributed by atoms with van der Waals surface area (Å²) in [6.45, 7) is 0.667. The molecule has 1 aliphatic rings. The molecule has 0 aromatic heterocycles. The molecule has 2 aromatic rings. The van der Waals surface area contributed by atoms with Crippen molar-refractivity contribution in [2.75, 3.05) is 11.4 Å². The Morgan fingerprint density at radius 3 is 2.48 bits per heavy atom. The Morgan fingerprint density at radius 2 is 1.88 bits per heavy atom. The average molecular weight is 379 g/mol. The normalized spacial score (nSPS) is 17.0. The van der Waals surface area contributed by atoms with E-state index in [1.807, 2.05) is 6.07 Å². The van der Waals surface area contributed by atoms with Crippen LogP contribution in [0.1, 0.15) is 12.0 Å². The van der Waals surface area contributed by atoms with Crippen LogP contribution in [-0.2, 0) is 16.2 Å². The van der Waals surface area contributed by atoms with E-state index >= 15 is 0 Å². The monoisotopic (exact) mass is 378 g/mol. The maximum absolute atomic E-state index is 12.0. The van der Waals surface area contributed by atoms with E-state index in [9.17, 15) is 9.59 Å². The number of halogens is 2. The molecule has 130 valence electrons. The predicted octanol–water partition coefficient (Wildman–Crippen LogP) is 3.41. The van der Waals surface area contributed by atoms with E-state index in [1.54, 1.807) is 41.3 Å². The molecule has 0 radical (unpaired) electrons. The number of amides is 2. The number of primary amides is 1. The van der Waals surface area contributed by atoms with Crippen LogP contribution in [0.5, 0.6) is 5.75 Å². The highest BCUT2D eigenvalue weighted by Crippen LogP contribution is 2.27. The number of ether oxygens (including phenoxy) is 1. The van der Waals surface area contributed by atoms with Crippen LogP contribution in [0.25, 0.3) is 0 Å². The first-order chi connectivity index (χ1) is 11.9. The maximum atomic E-state index is 12.0. The van der Waals surface area contributed by atoms with Gasteiger partial charge in [-0.05, 0) is 42.0 Å². The van der Waals surface area contributed by atoms with Crippen molar-refractivity contribution in [1.29, 1.82) is 0 Å². The van der Waals surface area contributed by atoms with Crippen molar-refractivity contribution >= 4 is 40.7 Å². The molecule has 1 saturated heterocycles. The molecule has 1 aliphatic heterocycles. The number of hydrogen-bond donors (Lipinski definition) is 1. The molecule has 3 rings (SSSR count). The van der Waals surface area contributed by atoms with Crippen molar-refractivity contribution in [1.82, 2.24) is 0 Å². The number of nitrogens with two attached hydrogens (primary N) is 1. The molecule has 25 heavy (non-hydrogen) atoms. The number of benzene rings is 2. The molecule has 7 heteroatoms. The lowest BCUT2D eigenvalue weighted by atomic mass is 10.1. The van der Waals surface area contributed by atoms with E-state index in [-0.39, 0.29) is 12.3 Å². The Labute approximate surface area is 155 Å².